The number of hydrogen-bond acceptors (Lipinski definition) is 3. The molecule has 19 heavy (non-hydrogen) atoms. The quantitative estimate of drug-likeness (QED) is 0.886. The third kappa shape index (κ3) is 2.93. The molecule has 3 atom stereocenters. The van der Waals surface area contributed by atoms with Crippen LogP contribution in [0.4, 0.5) is 0 Å². The van der Waals surface area contributed by atoms with E-state index < -0.39 is 0 Å². The van der Waals surface area contributed by atoms with Crippen molar-refractivity contribution >= 4 is 0 Å². The van der Waals surface area contributed by atoms with Crippen molar-refractivity contribution in [1.82, 2.24) is 5.32 Å². The zero-order chi connectivity index (χ0) is 14.0. The summed E-state index contributed by atoms with van der Waals surface area (Å²) < 4.78 is 12.0. The average molecular weight is 263 g/mol. The molecule has 1 fully saturated rings. The summed E-state index contributed by atoms with van der Waals surface area (Å²) in [5.41, 5.74) is 3.70. The van der Waals surface area contributed by atoms with Crippen molar-refractivity contribution in [2.45, 2.75) is 52.4 Å². The Bertz CT molecular complexity index is 421. The van der Waals surface area contributed by atoms with Crippen LogP contribution in [0.25, 0.3) is 0 Å². The van der Waals surface area contributed by atoms with Crippen molar-refractivity contribution in [1.29, 1.82) is 0 Å². The van der Waals surface area contributed by atoms with E-state index in [-0.39, 0.29) is 12.2 Å². The summed E-state index contributed by atoms with van der Waals surface area (Å²) in [5.74, 6) is 1.02. The monoisotopic (exact) mass is 263 g/mol. The first kappa shape index (κ1) is 14.4. The van der Waals surface area contributed by atoms with Gasteiger partial charge in [0, 0.05) is 19.1 Å². The minimum atomic E-state index is 0.162. The van der Waals surface area contributed by atoms with E-state index in [0.717, 1.165) is 18.8 Å². The van der Waals surface area contributed by atoms with E-state index in [2.05, 4.69) is 38.2 Å². The predicted molar refractivity (Wildman–Crippen MR) is 77.9 cm³/mol. The van der Waals surface area contributed by atoms with Gasteiger partial charge < -0.3 is 14.8 Å². The Labute approximate surface area is 116 Å². The molecule has 1 N–H and O–H groups in total. The van der Waals surface area contributed by atoms with Gasteiger partial charge in [0.2, 0.25) is 0 Å². The zero-order valence-corrected chi connectivity index (χ0v) is 12.6. The fourth-order valence-electron chi connectivity index (χ4n) is 2.90. The van der Waals surface area contributed by atoms with Crippen LogP contribution in [0.3, 0.4) is 0 Å². The minimum Gasteiger partial charge on any atom is -0.487 e. The molecule has 2 rings (SSSR count). The molecule has 0 radical (unpaired) electrons. The van der Waals surface area contributed by atoms with Crippen LogP contribution in [-0.4, -0.2) is 31.9 Å². The minimum absolute atomic E-state index is 0.162. The van der Waals surface area contributed by atoms with Gasteiger partial charge in [0.25, 0.3) is 0 Å². The Morgan fingerprint density at radius 1 is 1.21 bits per heavy atom. The maximum atomic E-state index is 6.20. The maximum absolute atomic E-state index is 6.20. The normalized spacial score (nSPS) is 26.1. The van der Waals surface area contributed by atoms with Crippen LogP contribution >= 0.6 is 0 Å². The van der Waals surface area contributed by atoms with Crippen molar-refractivity contribution in [3.63, 3.8) is 0 Å². The van der Waals surface area contributed by atoms with Gasteiger partial charge >= 0.3 is 0 Å². The van der Waals surface area contributed by atoms with Gasteiger partial charge in [-0.2, -0.15) is 0 Å². The van der Waals surface area contributed by atoms with Gasteiger partial charge in [0.05, 0.1) is 0 Å². The second-order valence-electron chi connectivity index (χ2n) is 5.43. The lowest BCUT2D eigenvalue weighted by Gasteiger charge is -2.44. The van der Waals surface area contributed by atoms with Gasteiger partial charge in [-0.25, -0.2) is 0 Å². The van der Waals surface area contributed by atoms with Crippen LogP contribution in [-0.2, 0) is 4.74 Å². The molecule has 1 aliphatic carbocycles. The van der Waals surface area contributed by atoms with E-state index in [0.29, 0.717) is 6.04 Å². The maximum Gasteiger partial charge on any atom is 0.128 e. The molecule has 0 bridgehead atoms. The summed E-state index contributed by atoms with van der Waals surface area (Å²) >= 11 is 0. The summed E-state index contributed by atoms with van der Waals surface area (Å²) in [6.07, 6.45) is 1.33. The molecule has 1 aliphatic rings. The van der Waals surface area contributed by atoms with E-state index >= 15 is 0 Å². The van der Waals surface area contributed by atoms with E-state index in [9.17, 15) is 0 Å². The average Bonchev–Trinajstić information content (AvgIpc) is 2.33. The van der Waals surface area contributed by atoms with Crippen molar-refractivity contribution in [3.8, 4) is 5.75 Å². The topological polar surface area (TPSA) is 30.5 Å². The lowest BCUT2D eigenvalue weighted by atomic mass is 9.85. The molecule has 3 heteroatoms. The van der Waals surface area contributed by atoms with E-state index in [1.165, 1.54) is 16.7 Å². The van der Waals surface area contributed by atoms with E-state index in [1.807, 2.05) is 14.0 Å². The highest BCUT2D eigenvalue weighted by atomic mass is 16.5. The number of benzene rings is 1. The van der Waals surface area contributed by atoms with Crippen LogP contribution < -0.4 is 10.1 Å². The molecule has 1 aromatic rings. The summed E-state index contributed by atoms with van der Waals surface area (Å²) in [4.78, 5) is 0. The van der Waals surface area contributed by atoms with Crippen molar-refractivity contribution in [2.75, 3.05) is 13.7 Å². The van der Waals surface area contributed by atoms with Crippen molar-refractivity contribution in [3.05, 3.63) is 28.8 Å². The number of rotatable bonds is 5. The van der Waals surface area contributed by atoms with Gasteiger partial charge in [-0.05, 0) is 45.9 Å². The SMILES string of the molecule is CCOC1C(NC)CC1Oc1c(C)cc(C)cc1C. The molecular weight excluding hydrogens is 238 g/mol. The first-order chi connectivity index (χ1) is 9.06. The summed E-state index contributed by atoms with van der Waals surface area (Å²) in [6, 6.07) is 4.76. The molecule has 3 unspecified atom stereocenters. The molecule has 0 saturated heterocycles. The Kier molecular flexibility index (Phi) is 4.48. The lowest BCUT2D eigenvalue weighted by Crippen LogP contribution is -2.60. The molecule has 0 spiro atoms. The molecule has 0 aliphatic heterocycles. The fourth-order valence-corrected chi connectivity index (χ4v) is 2.90. The van der Waals surface area contributed by atoms with Crippen LogP contribution in [0.1, 0.15) is 30.0 Å². The summed E-state index contributed by atoms with van der Waals surface area (Å²) in [5, 5.41) is 3.29. The molecule has 0 amide bonds. The first-order valence-electron chi connectivity index (χ1n) is 7.10. The van der Waals surface area contributed by atoms with Gasteiger partial charge in [0.1, 0.15) is 18.0 Å². The number of nitrogens with one attached hydrogen (secondary N) is 1. The van der Waals surface area contributed by atoms with Crippen LogP contribution in [0.15, 0.2) is 12.1 Å². The molecule has 0 heterocycles. The van der Waals surface area contributed by atoms with Gasteiger partial charge in [-0.1, -0.05) is 17.7 Å². The Hall–Kier alpha value is -1.06. The number of ether oxygens (including phenoxy) is 2. The lowest BCUT2D eigenvalue weighted by molar-refractivity contribution is -0.103. The zero-order valence-electron chi connectivity index (χ0n) is 12.6. The van der Waals surface area contributed by atoms with Crippen molar-refractivity contribution < 1.29 is 9.47 Å². The van der Waals surface area contributed by atoms with Crippen LogP contribution in [0.2, 0.25) is 0 Å². The van der Waals surface area contributed by atoms with Crippen LogP contribution in [0, 0.1) is 20.8 Å². The highest BCUT2D eigenvalue weighted by Gasteiger charge is 2.43. The summed E-state index contributed by atoms with van der Waals surface area (Å²) in [7, 11) is 1.98. The second kappa shape index (κ2) is 5.93. The van der Waals surface area contributed by atoms with Crippen LogP contribution in [0.5, 0.6) is 5.75 Å². The Morgan fingerprint density at radius 3 is 2.37 bits per heavy atom. The van der Waals surface area contributed by atoms with Gasteiger partial charge in [-0.15, -0.1) is 0 Å². The smallest absolute Gasteiger partial charge is 0.128 e. The fraction of sp³-hybridized carbons (Fsp3) is 0.625. The Morgan fingerprint density at radius 2 is 1.84 bits per heavy atom. The van der Waals surface area contributed by atoms with E-state index in [4.69, 9.17) is 9.47 Å². The van der Waals surface area contributed by atoms with E-state index in [1.54, 1.807) is 0 Å². The largest absolute Gasteiger partial charge is 0.487 e. The third-order valence-corrected chi connectivity index (χ3v) is 3.85. The molecule has 1 aromatic carbocycles. The third-order valence-electron chi connectivity index (χ3n) is 3.85. The number of likely N-dealkylation sites (N-methyl/N-ethyl adjacent to an activating group) is 1. The molecule has 3 nitrogen and oxygen atoms in total. The molecule has 106 valence electrons. The molecule has 0 aromatic heterocycles. The highest BCUT2D eigenvalue weighted by Crippen LogP contribution is 2.32. The summed E-state index contributed by atoms with van der Waals surface area (Å²) in [6.45, 7) is 9.10. The first-order valence-corrected chi connectivity index (χ1v) is 7.10. The van der Waals surface area contributed by atoms with Gasteiger partial charge in [0.15, 0.2) is 0 Å². The predicted octanol–water partition coefficient (Wildman–Crippen LogP) is 2.76. The van der Waals surface area contributed by atoms with Crippen molar-refractivity contribution in [2.24, 2.45) is 0 Å². The second-order valence-corrected chi connectivity index (χ2v) is 5.43. The number of aryl methyl sites for hydroxylation is 3. The van der Waals surface area contributed by atoms with Gasteiger partial charge in [-0.3, -0.25) is 0 Å². The number of hydrogen-bond donors (Lipinski definition) is 1. The standard InChI is InChI=1S/C16H25NO2/c1-6-18-16-13(17-5)9-14(16)19-15-11(3)7-10(2)8-12(15)4/h7-8,13-14,16-17H,6,9H2,1-5H3. The Balaban J connectivity index is 2.10. The molecular formula is C16H25NO2. The highest BCUT2D eigenvalue weighted by molar-refractivity contribution is 5.43. The molecule has 1 saturated carbocycles.